The first-order valence-corrected chi connectivity index (χ1v) is 7.53. The summed E-state index contributed by atoms with van der Waals surface area (Å²) in [6.07, 6.45) is 6.40. The number of hydrogen-bond donors (Lipinski definition) is 1. The quantitative estimate of drug-likeness (QED) is 0.870. The molecule has 0 fully saturated rings. The summed E-state index contributed by atoms with van der Waals surface area (Å²) in [4.78, 5) is 21.3. The van der Waals surface area contributed by atoms with E-state index in [4.69, 9.17) is 4.74 Å². The summed E-state index contributed by atoms with van der Waals surface area (Å²) < 4.78 is 5.42. The van der Waals surface area contributed by atoms with Crippen LogP contribution in [0.4, 0.5) is 4.79 Å². The molecule has 1 N–H and O–H groups in total. The van der Waals surface area contributed by atoms with Crippen LogP contribution in [0.1, 0.15) is 34.2 Å². The zero-order valence-electron chi connectivity index (χ0n) is 13.2. The highest BCUT2D eigenvalue weighted by Gasteiger charge is 2.24. The Morgan fingerprint density at radius 2 is 2.23 bits per heavy atom. The predicted molar refractivity (Wildman–Crippen MR) is 88.6 cm³/mol. The van der Waals surface area contributed by atoms with Crippen LogP contribution >= 0.6 is 0 Å². The van der Waals surface area contributed by atoms with Crippen molar-refractivity contribution in [1.29, 1.82) is 0 Å². The topological polar surface area (TPSA) is 58.2 Å². The highest BCUT2D eigenvalue weighted by atomic mass is 16.6. The van der Waals surface area contributed by atoms with E-state index in [1.807, 2.05) is 45.3 Å². The molecule has 2 aromatic heterocycles. The Bertz CT molecular complexity index is 731. The molecule has 5 nitrogen and oxygen atoms in total. The highest BCUT2D eigenvalue weighted by Crippen LogP contribution is 2.28. The molecule has 1 aliphatic rings. The molecule has 0 radical (unpaired) electrons. The van der Waals surface area contributed by atoms with E-state index in [1.165, 1.54) is 11.1 Å². The van der Waals surface area contributed by atoms with Crippen molar-refractivity contribution in [3.8, 4) is 0 Å². The van der Waals surface area contributed by atoms with Gasteiger partial charge in [-0.1, -0.05) is 6.08 Å². The van der Waals surface area contributed by atoms with Crippen molar-refractivity contribution >= 4 is 22.7 Å². The molecule has 1 amide bonds. The summed E-state index contributed by atoms with van der Waals surface area (Å²) >= 11 is 0. The Morgan fingerprint density at radius 1 is 1.41 bits per heavy atom. The summed E-state index contributed by atoms with van der Waals surface area (Å²) in [6, 6.07) is 4.07. The number of H-pyrrole nitrogens is 1. The van der Waals surface area contributed by atoms with Gasteiger partial charge in [-0.2, -0.15) is 0 Å². The van der Waals surface area contributed by atoms with Gasteiger partial charge in [-0.3, -0.25) is 0 Å². The number of fused-ring (bicyclic) bond motifs is 1. The van der Waals surface area contributed by atoms with Gasteiger partial charge in [0.1, 0.15) is 11.2 Å². The van der Waals surface area contributed by atoms with Crippen molar-refractivity contribution < 1.29 is 11.0 Å². The second-order valence-corrected chi connectivity index (χ2v) is 6.50. The third-order valence-corrected chi connectivity index (χ3v) is 3.67. The molecule has 0 atom stereocenters. The molecule has 1 aliphatic heterocycles. The minimum Gasteiger partial charge on any atom is -0.444 e. The number of rotatable bonds is 1. The number of hydrogen-bond acceptors (Lipinski definition) is 3. The van der Waals surface area contributed by atoms with Crippen LogP contribution in [-0.4, -0.2) is 39.7 Å². The van der Waals surface area contributed by atoms with Crippen LogP contribution in [0.25, 0.3) is 16.6 Å². The maximum Gasteiger partial charge on any atom is 0.410 e. The molecule has 0 saturated heterocycles. The number of amides is 1. The van der Waals surface area contributed by atoms with Crippen LogP contribution < -0.4 is 0 Å². The standard InChI is InChI=1S/C17H21N3O2.H2/c1-17(2,3)22-16(21)20-10-6-12(7-11-20)13-4-8-18-15-14(13)5-9-19-15;/h4-6,8-9H,7,10-11H2,1-3H3,(H,18,19);1H. The minimum atomic E-state index is -0.455. The van der Waals surface area contributed by atoms with Gasteiger partial charge >= 0.3 is 6.09 Å². The molecular weight excluding hydrogens is 278 g/mol. The lowest BCUT2D eigenvalue weighted by molar-refractivity contribution is 0.0270. The van der Waals surface area contributed by atoms with Crippen LogP contribution in [0.5, 0.6) is 0 Å². The molecule has 0 unspecified atom stereocenters. The summed E-state index contributed by atoms with van der Waals surface area (Å²) in [6.45, 7) is 6.91. The van der Waals surface area contributed by atoms with Crippen LogP contribution in [0.2, 0.25) is 0 Å². The molecule has 2 aromatic rings. The lowest BCUT2D eigenvalue weighted by atomic mass is 9.98. The highest BCUT2D eigenvalue weighted by molar-refractivity contribution is 5.90. The van der Waals surface area contributed by atoms with Crippen LogP contribution in [0.3, 0.4) is 0 Å². The fraction of sp³-hybridized carbons (Fsp3) is 0.412. The van der Waals surface area contributed by atoms with E-state index in [1.54, 1.807) is 4.90 Å². The van der Waals surface area contributed by atoms with E-state index in [0.29, 0.717) is 13.1 Å². The average molecular weight is 301 g/mol. The van der Waals surface area contributed by atoms with E-state index >= 15 is 0 Å². The third kappa shape index (κ3) is 2.98. The molecule has 0 aromatic carbocycles. The van der Waals surface area contributed by atoms with Gasteiger partial charge in [-0.25, -0.2) is 9.78 Å². The summed E-state index contributed by atoms with van der Waals surface area (Å²) in [7, 11) is 0. The monoisotopic (exact) mass is 301 g/mol. The Kier molecular flexibility index (Phi) is 3.64. The van der Waals surface area contributed by atoms with Crippen molar-refractivity contribution in [2.45, 2.75) is 32.8 Å². The Hall–Kier alpha value is -2.30. The average Bonchev–Trinajstić information content (AvgIpc) is 2.94. The van der Waals surface area contributed by atoms with Crippen molar-refractivity contribution in [2.24, 2.45) is 0 Å². The van der Waals surface area contributed by atoms with E-state index in [2.05, 4.69) is 16.0 Å². The zero-order valence-corrected chi connectivity index (χ0v) is 13.2. The number of nitrogens with zero attached hydrogens (tertiary/aromatic N) is 2. The summed E-state index contributed by atoms with van der Waals surface area (Å²) in [5.74, 6) is 0. The SMILES string of the molecule is CC(C)(C)OC(=O)N1CC=C(c2ccnc3[nH]ccc23)CC1.[HH]. The van der Waals surface area contributed by atoms with Gasteiger partial charge in [0.25, 0.3) is 0 Å². The molecule has 5 heteroatoms. The summed E-state index contributed by atoms with van der Waals surface area (Å²) in [5, 5.41) is 1.12. The van der Waals surface area contributed by atoms with Crippen molar-refractivity contribution in [3.05, 3.63) is 36.2 Å². The number of aromatic nitrogens is 2. The van der Waals surface area contributed by atoms with E-state index in [0.717, 1.165) is 17.5 Å². The Labute approximate surface area is 131 Å². The maximum atomic E-state index is 12.1. The van der Waals surface area contributed by atoms with Crippen LogP contribution in [-0.2, 0) is 4.74 Å². The first-order chi connectivity index (χ1) is 10.4. The lowest BCUT2D eigenvalue weighted by Crippen LogP contribution is -2.39. The first kappa shape index (κ1) is 14.6. The Balaban J connectivity index is 0.00000192. The Morgan fingerprint density at radius 3 is 2.91 bits per heavy atom. The van der Waals surface area contributed by atoms with Gasteiger partial charge in [0, 0.05) is 32.3 Å². The smallest absolute Gasteiger partial charge is 0.410 e. The first-order valence-electron chi connectivity index (χ1n) is 7.53. The normalized spacial score (nSPS) is 15.8. The molecule has 0 bridgehead atoms. The van der Waals surface area contributed by atoms with Crippen LogP contribution in [0.15, 0.2) is 30.6 Å². The van der Waals surface area contributed by atoms with Crippen molar-refractivity contribution in [2.75, 3.05) is 13.1 Å². The minimum absolute atomic E-state index is 0. The van der Waals surface area contributed by atoms with Gasteiger partial charge in [-0.15, -0.1) is 0 Å². The molecule has 118 valence electrons. The molecule has 22 heavy (non-hydrogen) atoms. The van der Waals surface area contributed by atoms with E-state index in [-0.39, 0.29) is 7.52 Å². The van der Waals surface area contributed by atoms with E-state index < -0.39 is 5.60 Å². The van der Waals surface area contributed by atoms with Gasteiger partial charge < -0.3 is 14.6 Å². The van der Waals surface area contributed by atoms with Crippen molar-refractivity contribution in [1.82, 2.24) is 14.9 Å². The molecule has 3 rings (SSSR count). The predicted octanol–water partition coefficient (Wildman–Crippen LogP) is 3.83. The molecular formula is C17H23N3O2. The fourth-order valence-electron chi connectivity index (χ4n) is 2.65. The molecule has 0 spiro atoms. The van der Waals surface area contributed by atoms with Gasteiger partial charge in [0.2, 0.25) is 0 Å². The number of ether oxygens (including phenoxy) is 1. The number of carbonyl (C=O) groups excluding carboxylic acids is 1. The molecule has 0 saturated carbocycles. The zero-order chi connectivity index (χ0) is 15.7. The van der Waals surface area contributed by atoms with Crippen molar-refractivity contribution in [3.63, 3.8) is 0 Å². The van der Waals surface area contributed by atoms with Gasteiger partial charge in [-0.05, 0) is 50.5 Å². The molecule has 0 aliphatic carbocycles. The van der Waals surface area contributed by atoms with E-state index in [9.17, 15) is 4.79 Å². The molecule has 3 heterocycles. The van der Waals surface area contributed by atoms with Gasteiger partial charge in [0.05, 0.1) is 0 Å². The van der Waals surface area contributed by atoms with Crippen LogP contribution in [0, 0.1) is 0 Å². The largest absolute Gasteiger partial charge is 0.444 e. The lowest BCUT2D eigenvalue weighted by Gasteiger charge is -2.29. The number of carbonyl (C=O) groups is 1. The number of nitrogens with one attached hydrogen (secondary N) is 1. The second kappa shape index (κ2) is 5.48. The number of aromatic amines is 1. The third-order valence-electron chi connectivity index (χ3n) is 3.67. The summed E-state index contributed by atoms with van der Waals surface area (Å²) in [5.41, 5.74) is 2.89. The fourth-order valence-corrected chi connectivity index (χ4v) is 2.65. The number of pyridine rings is 1. The van der Waals surface area contributed by atoms with Gasteiger partial charge in [0.15, 0.2) is 0 Å². The maximum absolute atomic E-state index is 12.1. The second-order valence-electron chi connectivity index (χ2n) is 6.50.